The number of carboxylic acids is 1. The summed E-state index contributed by atoms with van der Waals surface area (Å²) in [4.78, 5) is 24.1. The number of alkyl halides is 3. The van der Waals surface area contributed by atoms with Gasteiger partial charge < -0.3 is 19.6 Å². The van der Waals surface area contributed by atoms with E-state index in [4.69, 9.17) is 4.43 Å². The molecular formula is C18H25F3NO4Si-. The van der Waals surface area contributed by atoms with E-state index in [0.29, 0.717) is 18.1 Å². The first-order valence-corrected chi connectivity index (χ1v) is 11.3. The normalized spacial score (nSPS) is 15.7. The summed E-state index contributed by atoms with van der Waals surface area (Å²) in [5, 5.41) is 13.6. The Balaban J connectivity index is 3.34. The quantitative estimate of drug-likeness (QED) is 0.642. The smallest absolute Gasteiger partial charge is 0.411 e. The van der Waals surface area contributed by atoms with Gasteiger partial charge in [0.2, 0.25) is 0 Å². The van der Waals surface area contributed by atoms with Crippen LogP contribution in [0, 0.1) is 0 Å². The number of hydrogen-bond donors (Lipinski definition) is 1. The van der Waals surface area contributed by atoms with E-state index in [1.165, 1.54) is 24.3 Å². The van der Waals surface area contributed by atoms with Gasteiger partial charge in [0.1, 0.15) is 5.60 Å². The van der Waals surface area contributed by atoms with Gasteiger partial charge in [0.25, 0.3) is 5.91 Å². The molecule has 2 atom stereocenters. The van der Waals surface area contributed by atoms with Crippen molar-refractivity contribution < 1.29 is 32.3 Å². The van der Waals surface area contributed by atoms with Gasteiger partial charge in [-0.2, -0.15) is 13.2 Å². The Morgan fingerprint density at radius 2 is 1.59 bits per heavy atom. The molecule has 1 aromatic carbocycles. The van der Waals surface area contributed by atoms with Crippen LogP contribution >= 0.6 is 0 Å². The summed E-state index contributed by atoms with van der Waals surface area (Å²) in [5.74, 6) is -3.05. The zero-order valence-corrected chi connectivity index (χ0v) is 16.9. The lowest BCUT2D eigenvalue weighted by Gasteiger charge is -2.45. The first-order valence-electron chi connectivity index (χ1n) is 8.80. The molecule has 0 aliphatic carbocycles. The SMILES string of the molecule is CC[Si](CC)(CC)O[C@@](C)(C(=O)[O-])[C@@H](NC(=O)c1ccccc1)C(F)(F)F. The van der Waals surface area contributed by atoms with E-state index in [1.54, 1.807) is 32.2 Å². The average molecular weight is 404 g/mol. The Hall–Kier alpha value is -1.87. The monoisotopic (exact) mass is 404 g/mol. The van der Waals surface area contributed by atoms with Gasteiger partial charge in [0.05, 0.1) is 5.97 Å². The third-order valence-electron chi connectivity index (χ3n) is 4.96. The van der Waals surface area contributed by atoms with Crippen molar-refractivity contribution in [2.24, 2.45) is 0 Å². The van der Waals surface area contributed by atoms with Gasteiger partial charge in [-0.25, -0.2) is 0 Å². The van der Waals surface area contributed by atoms with E-state index in [9.17, 15) is 27.9 Å². The number of nitrogens with one attached hydrogen (secondary N) is 1. The fourth-order valence-corrected chi connectivity index (χ4v) is 6.00. The summed E-state index contributed by atoms with van der Waals surface area (Å²) in [6.07, 6.45) is -5.05. The molecule has 0 unspecified atom stereocenters. The predicted molar refractivity (Wildman–Crippen MR) is 95.4 cm³/mol. The zero-order chi connectivity index (χ0) is 20.9. The van der Waals surface area contributed by atoms with Gasteiger partial charge in [0.15, 0.2) is 14.4 Å². The lowest BCUT2D eigenvalue weighted by molar-refractivity contribution is -0.330. The number of carboxylic acid groups (broad SMARTS) is 1. The van der Waals surface area contributed by atoms with Crippen LogP contribution in [0.2, 0.25) is 18.1 Å². The second-order valence-corrected chi connectivity index (χ2v) is 11.2. The number of aliphatic carboxylic acids is 1. The molecule has 0 spiro atoms. The Labute approximate surface area is 158 Å². The van der Waals surface area contributed by atoms with E-state index < -0.39 is 38.0 Å². The van der Waals surface area contributed by atoms with Crippen LogP contribution in [0.5, 0.6) is 0 Å². The predicted octanol–water partition coefficient (Wildman–Crippen LogP) is 2.88. The van der Waals surface area contributed by atoms with E-state index in [0.717, 1.165) is 6.92 Å². The third kappa shape index (κ3) is 5.32. The number of amides is 1. The van der Waals surface area contributed by atoms with Crippen molar-refractivity contribution in [1.29, 1.82) is 0 Å². The Kier molecular flexibility index (Phi) is 7.62. The van der Waals surface area contributed by atoms with Gasteiger partial charge >= 0.3 is 6.18 Å². The average Bonchev–Trinajstić information content (AvgIpc) is 2.63. The van der Waals surface area contributed by atoms with E-state index >= 15 is 0 Å². The van der Waals surface area contributed by atoms with Crippen LogP contribution in [0.1, 0.15) is 38.1 Å². The summed E-state index contributed by atoms with van der Waals surface area (Å²) in [5.41, 5.74) is -2.76. The summed E-state index contributed by atoms with van der Waals surface area (Å²) < 4.78 is 47.0. The Morgan fingerprint density at radius 3 is 1.96 bits per heavy atom. The largest absolute Gasteiger partial charge is 0.547 e. The van der Waals surface area contributed by atoms with Crippen LogP contribution in [0.25, 0.3) is 0 Å². The summed E-state index contributed by atoms with van der Waals surface area (Å²) in [7, 11) is -2.76. The highest BCUT2D eigenvalue weighted by molar-refractivity contribution is 6.73. The van der Waals surface area contributed by atoms with Crippen LogP contribution in [0.15, 0.2) is 30.3 Å². The van der Waals surface area contributed by atoms with Crippen molar-refractivity contribution in [2.75, 3.05) is 0 Å². The molecule has 27 heavy (non-hydrogen) atoms. The molecule has 0 bridgehead atoms. The van der Waals surface area contributed by atoms with Crippen molar-refractivity contribution in [2.45, 2.75) is 63.6 Å². The maximum atomic E-state index is 13.8. The van der Waals surface area contributed by atoms with Gasteiger partial charge in [-0.3, -0.25) is 4.79 Å². The molecule has 5 nitrogen and oxygen atoms in total. The van der Waals surface area contributed by atoms with Gasteiger partial charge in [-0.15, -0.1) is 0 Å². The van der Waals surface area contributed by atoms with Crippen molar-refractivity contribution in [3.05, 3.63) is 35.9 Å². The molecule has 1 aromatic rings. The molecule has 0 aromatic heterocycles. The first kappa shape index (κ1) is 23.2. The molecule has 152 valence electrons. The van der Waals surface area contributed by atoms with Crippen LogP contribution in [0.4, 0.5) is 13.2 Å². The van der Waals surface area contributed by atoms with Gasteiger partial charge in [-0.05, 0) is 37.2 Å². The van der Waals surface area contributed by atoms with E-state index in [1.807, 2.05) is 0 Å². The van der Waals surface area contributed by atoms with E-state index in [-0.39, 0.29) is 5.56 Å². The van der Waals surface area contributed by atoms with Crippen molar-refractivity contribution >= 4 is 20.2 Å². The second-order valence-electron chi connectivity index (χ2n) is 6.55. The summed E-state index contributed by atoms with van der Waals surface area (Å²) in [6, 6.07) is 5.85. The molecule has 0 saturated carbocycles. The molecule has 0 fully saturated rings. The molecule has 1 rings (SSSR count). The van der Waals surface area contributed by atoms with Gasteiger partial charge in [-0.1, -0.05) is 39.0 Å². The number of hydrogen-bond acceptors (Lipinski definition) is 4. The number of halogens is 3. The molecule has 1 amide bonds. The van der Waals surface area contributed by atoms with Crippen LogP contribution in [-0.4, -0.2) is 38.0 Å². The Bertz CT molecular complexity index is 641. The van der Waals surface area contributed by atoms with Crippen LogP contribution < -0.4 is 10.4 Å². The second kappa shape index (κ2) is 8.88. The van der Waals surface area contributed by atoms with Gasteiger partial charge in [0, 0.05) is 5.56 Å². The lowest BCUT2D eigenvalue weighted by atomic mass is 9.95. The first-order chi connectivity index (χ1) is 12.5. The molecule has 0 radical (unpaired) electrons. The molecule has 0 heterocycles. The number of benzene rings is 1. The molecule has 0 aliphatic heterocycles. The molecule has 9 heteroatoms. The number of rotatable bonds is 9. The lowest BCUT2D eigenvalue weighted by Crippen LogP contribution is -2.69. The van der Waals surface area contributed by atoms with Crippen molar-refractivity contribution in [1.82, 2.24) is 5.32 Å². The minimum Gasteiger partial charge on any atom is -0.547 e. The molecule has 1 N–H and O–H groups in total. The zero-order valence-electron chi connectivity index (χ0n) is 15.9. The molecular weight excluding hydrogens is 379 g/mol. The topological polar surface area (TPSA) is 78.5 Å². The highest BCUT2D eigenvalue weighted by atomic mass is 28.4. The fourth-order valence-electron chi connectivity index (χ4n) is 2.97. The minimum absolute atomic E-state index is 0.0163. The van der Waals surface area contributed by atoms with Crippen LogP contribution in [0.3, 0.4) is 0 Å². The van der Waals surface area contributed by atoms with Crippen LogP contribution in [-0.2, 0) is 9.22 Å². The Morgan fingerprint density at radius 1 is 1.11 bits per heavy atom. The maximum Gasteiger partial charge on any atom is 0.411 e. The minimum atomic E-state index is -5.05. The highest BCUT2D eigenvalue weighted by Crippen LogP contribution is 2.36. The van der Waals surface area contributed by atoms with E-state index in [2.05, 4.69) is 0 Å². The van der Waals surface area contributed by atoms with Crippen molar-refractivity contribution in [3.8, 4) is 0 Å². The summed E-state index contributed by atoms with van der Waals surface area (Å²) in [6.45, 7) is 6.12. The fraction of sp³-hybridized carbons (Fsp3) is 0.556. The standard InChI is InChI=1S/C18H26F3NO4Si/c1-5-27(6-2,7-3)26-17(4,16(24)25)15(18(19,20)21)22-14(23)13-11-9-8-10-12-13/h8-12,15H,5-7H2,1-4H3,(H,22,23)(H,24,25)/p-1/t15-,17-/m1/s1. The summed E-state index contributed by atoms with van der Waals surface area (Å²) >= 11 is 0. The molecule has 0 saturated heterocycles. The number of carbonyl (C=O) groups is 2. The highest BCUT2D eigenvalue weighted by Gasteiger charge is 2.56. The number of carbonyl (C=O) groups excluding carboxylic acids is 2. The molecule has 0 aliphatic rings. The maximum absolute atomic E-state index is 13.8. The third-order valence-corrected chi connectivity index (χ3v) is 9.68. The van der Waals surface area contributed by atoms with Crippen molar-refractivity contribution in [3.63, 3.8) is 0 Å².